The van der Waals surface area contributed by atoms with Gasteiger partial charge in [0.15, 0.2) is 7.51 Å². The van der Waals surface area contributed by atoms with Crippen molar-refractivity contribution in [3.8, 4) is 0 Å². The minimum atomic E-state index is -1.81. The Morgan fingerprint density at radius 1 is 0.765 bits per heavy atom. The first-order chi connectivity index (χ1) is 7.91. The SMILES string of the molecule is CN(C)P(=Nc1ccccc1)(N(C)C)N(C)C. The molecular formula is C12H23N4P. The second kappa shape index (κ2) is 5.78. The Balaban J connectivity index is 3.37. The van der Waals surface area contributed by atoms with Crippen molar-refractivity contribution in [2.75, 3.05) is 42.3 Å². The summed E-state index contributed by atoms with van der Waals surface area (Å²) in [5.41, 5.74) is 1.02. The third kappa shape index (κ3) is 2.96. The van der Waals surface area contributed by atoms with Gasteiger partial charge in [0.25, 0.3) is 0 Å². The van der Waals surface area contributed by atoms with Crippen molar-refractivity contribution in [2.24, 2.45) is 4.74 Å². The van der Waals surface area contributed by atoms with Gasteiger partial charge in [0.05, 0.1) is 5.69 Å². The van der Waals surface area contributed by atoms with Gasteiger partial charge in [0.1, 0.15) is 0 Å². The summed E-state index contributed by atoms with van der Waals surface area (Å²) < 4.78 is 11.6. The highest BCUT2D eigenvalue weighted by Crippen LogP contribution is 2.56. The van der Waals surface area contributed by atoms with Gasteiger partial charge < -0.3 is 0 Å². The van der Waals surface area contributed by atoms with Crippen molar-refractivity contribution in [2.45, 2.75) is 0 Å². The van der Waals surface area contributed by atoms with E-state index in [9.17, 15) is 0 Å². The molecule has 1 rings (SSSR count). The van der Waals surface area contributed by atoms with Gasteiger partial charge in [-0.05, 0) is 54.4 Å². The molecule has 0 aliphatic carbocycles. The standard InChI is InChI=1S/C12H23N4P/c1-14(2)17(15(3)4,16(5)6)13-12-10-8-7-9-11-12/h7-11H,1-6H3. The molecule has 0 N–H and O–H groups in total. The van der Waals surface area contributed by atoms with Crippen molar-refractivity contribution in [3.63, 3.8) is 0 Å². The second-order valence-corrected chi connectivity index (χ2v) is 8.19. The monoisotopic (exact) mass is 254 g/mol. The van der Waals surface area contributed by atoms with Crippen LogP contribution in [0, 0.1) is 0 Å². The Bertz CT molecular complexity index is 370. The Labute approximate surface area is 105 Å². The molecule has 0 radical (unpaired) electrons. The van der Waals surface area contributed by atoms with Gasteiger partial charge in [-0.1, -0.05) is 18.2 Å². The van der Waals surface area contributed by atoms with Crippen LogP contribution in [0.15, 0.2) is 35.1 Å². The molecule has 0 heterocycles. The predicted molar refractivity (Wildman–Crippen MR) is 76.5 cm³/mol. The zero-order valence-corrected chi connectivity index (χ0v) is 12.5. The average Bonchev–Trinajstić information content (AvgIpc) is 2.25. The summed E-state index contributed by atoms with van der Waals surface area (Å²) in [6, 6.07) is 10.2. The molecule has 0 atom stereocenters. The molecular weight excluding hydrogens is 231 g/mol. The van der Waals surface area contributed by atoms with Crippen LogP contribution in [0.2, 0.25) is 0 Å². The van der Waals surface area contributed by atoms with Gasteiger partial charge in [-0.25, -0.2) is 4.74 Å². The highest BCUT2D eigenvalue weighted by Gasteiger charge is 2.28. The first kappa shape index (κ1) is 14.4. The predicted octanol–water partition coefficient (Wildman–Crippen LogP) is 2.95. The van der Waals surface area contributed by atoms with E-state index in [2.05, 4.69) is 56.3 Å². The minimum Gasteiger partial charge on any atom is -0.252 e. The van der Waals surface area contributed by atoms with Crippen LogP contribution < -0.4 is 0 Å². The normalized spacial score (nSPS) is 12.5. The minimum absolute atomic E-state index is 1.02. The van der Waals surface area contributed by atoms with E-state index < -0.39 is 7.51 Å². The van der Waals surface area contributed by atoms with E-state index in [1.165, 1.54) is 0 Å². The van der Waals surface area contributed by atoms with Crippen LogP contribution in [-0.2, 0) is 0 Å². The summed E-state index contributed by atoms with van der Waals surface area (Å²) in [4.78, 5) is 0. The lowest BCUT2D eigenvalue weighted by Crippen LogP contribution is -2.30. The molecule has 0 saturated heterocycles. The molecule has 4 nitrogen and oxygen atoms in total. The fourth-order valence-electron chi connectivity index (χ4n) is 1.99. The lowest BCUT2D eigenvalue weighted by atomic mass is 10.3. The molecule has 0 unspecified atom stereocenters. The van der Waals surface area contributed by atoms with Crippen LogP contribution in [0.3, 0.4) is 0 Å². The Hall–Kier alpha value is -0.670. The van der Waals surface area contributed by atoms with E-state index >= 15 is 0 Å². The molecule has 96 valence electrons. The van der Waals surface area contributed by atoms with E-state index in [-0.39, 0.29) is 0 Å². The molecule has 5 heteroatoms. The molecule has 0 amide bonds. The van der Waals surface area contributed by atoms with Crippen LogP contribution >= 0.6 is 7.51 Å². The van der Waals surface area contributed by atoms with Gasteiger partial charge in [-0.15, -0.1) is 0 Å². The maximum Gasteiger partial charge on any atom is 0.171 e. The third-order valence-electron chi connectivity index (χ3n) is 2.62. The summed E-state index contributed by atoms with van der Waals surface area (Å²) in [5.74, 6) is 0. The van der Waals surface area contributed by atoms with Gasteiger partial charge in [0, 0.05) is 0 Å². The smallest absolute Gasteiger partial charge is 0.171 e. The summed E-state index contributed by atoms with van der Waals surface area (Å²) >= 11 is 0. The molecule has 0 aliphatic rings. The zero-order chi connectivity index (χ0) is 13.1. The van der Waals surface area contributed by atoms with Crippen molar-refractivity contribution >= 4 is 13.2 Å². The van der Waals surface area contributed by atoms with E-state index in [1.807, 2.05) is 30.3 Å². The largest absolute Gasteiger partial charge is 0.252 e. The molecule has 1 aromatic carbocycles. The first-order valence-electron chi connectivity index (χ1n) is 5.62. The fraction of sp³-hybridized carbons (Fsp3) is 0.500. The van der Waals surface area contributed by atoms with Crippen LogP contribution in [0.25, 0.3) is 0 Å². The van der Waals surface area contributed by atoms with Gasteiger partial charge >= 0.3 is 0 Å². The lowest BCUT2D eigenvalue weighted by Gasteiger charge is -2.40. The van der Waals surface area contributed by atoms with Gasteiger partial charge in [-0.2, -0.15) is 0 Å². The molecule has 1 aromatic rings. The van der Waals surface area contributed by atoms with Crippen LogP contribution in [0.5, 0.6) is 0 Å². The van der Waals surface area contributed by atoms with E-state index in [1.54, 1.807) is 0 Å². The van der Waals surface area contributed by atoms with Crippen LogP contribution in [-0.4, -0.2) is 56.3 Å². The van der Waals surface area contributed by atoms with Gasteiger partial charge in [0.2, 0.25) is 0 Å². The quantitative estimate of drug-likeness (QED) is 0.771. The van der Waals surface area contributed by atoms with Crippen molar-refractivity contribution < 1.29 is 0 Å². The maximum atomic E-state index is 4.98. The topological polar surface area (TPSA) is 22.1 Å². The molecule has 0 aliphatic heterocycles. The van der Waals surface area contributed by atoms with E-state index in [0.717, 1.165) is 5.69 Å². The summed E-state index contributed by atoms with van der Waals surface area (Å²) in [6.45, 7) is 0. The number of hydrogen-bond acceptors (Lipinski definition) is 1. The summed E-state index contributed by atoms with van der Waals surface area (Å²) in [7, 11) is 10.7. The second-order valence-electron chi connectivity index (χ2n) is 4.51. The van der Waals surface area contributed by atoms with Gasteiger partial charge in [-0.3, -0.25) is 14.0 Å². The number of nitrogens with zero attached hydrogens (tertiary/aromatic N) is 4. The zero-order valence-electron chi connectivity index (χ0n) is 11.6. The Morgan fingerprint density at radius 2 is 1.18 bits per heavy atom. The molecule has 0 fully saturated rings. The summed E-state index contributed by atoms with van der Waals surface area (Å²) in [5, 5.41) is 0. The van der Waals surface area contributed by atoms with Crippen molar-refractivity contribution in [1.82, 2.24) is 14.0 Å². The van der Waals surface area contributed by atoms with E-state index in [4.69, 9.17) is 4.74 Å². The van der Waals surface area contributed by atoms with Crippen molar-refractivity contribution in [3.05, 3.63) is 30.3 Å². The van der Waals surface area contributed by atoms with Crippen molar-refractivity contribution in [1.29, 1.82) is 0 Å². The number of rotatable bonds is 4. The highest BCUT2D eigenvalue weighted by atomic mass is 31.2. The lowest BCUT2D eigenvalue weighted by molar-refractivity contribution is 0.474. The molecule has 17 heavy (non-hydrogen) atoms. The van der Waals surface area contributed by atoms with E-state index in [0.29, 0.717) is 0 Å². The average molecular weight is 254 g/mol. The molecule has 0 aromatic heterocycles. The third-order valence-corrected chi connectivity index (χ3v) is 6.34. The van der Waals surface area contributed by atoms with Crippen LogP contribution in [0.1, 0.15) is 0 Å². The summed E-state index contributed by atoms with van der Waals surface area (Å²) in [6.07, 6.45) is 0. The Morgan fingerprint density at radius 3 is 1.53 bits per heavy atom. The molecule has 0 spiro atoms. The molecule has 0 saturated carbocycles. The maximum absolute atomic E-state index is 4.98. The Kier molecular flexibility index (Phi) is 4.90. The molecule has 0 bridgehead atoms. The number of benzene rings is 1. The fourth-order valence-corrected chi connectivity index (χ4v) is 5.12. The highest BCUT2D eigenvalue weighted by molar-refractivity contribution is 7.59. The first-order valence-corrected chi connectivity index (χ1v) is 7.22. The van der Waals surface area contributed by atoms with Crippen LogP contribution in [0.4, 0.5) is 5.69 Å². The number of hydrogen-bond donors (Lipinski definition) is 0.